The number of anilines is 1. The van der Waals surface area contributed by atoms with E-state index in [1.807, 2.05) is 6.07 Å². The number of benzene rings is 1. The van der Waals surface area contributed by atoms with E-state index in [1.54, 1.807) is 26.0 Å². The highest BCUT2D eigenvalue weighted by Gasteiger charge is 2.24. The summed E-state index contributed by atoms with van der Waals surface area (Å²) in [7, 11) is 0. The molecule has 0 aliphatic carbocycles. The first-order chi connectivity index (χ1) is 11.9. The van der Waals surface area contributed by atoms with Gasteiger partial charge in [0, 0.05) is 30.5 Å². The lowest BCUT2D eigenvalue weighted by atomic mass is 10.0. The number of nitrogens with one attached hydrogen (secondary N) is 2. The topological polar surface area (TPSA) is 65.2 Å². The van der Waals surface area contributed by atoms with Gasteiger partial charge in [-0.15, -0.1) is 0 Å². The normalized spacial score (nSPS) is 17.4. The van der Waals surface area contributed by atoms with Gasteiger partial charge in [0.05, 0.1) is 0 Å². The molecule has 1 saturated heterocycles. The van der Waals surface area contributed by atoms with Gasteiger partial charge in [0.2, 0.25) is 0 Å². The predicted molar refractivity (Wildman–Crippen MR) is 95.6 cm³/mol. The standard InChI is InChI=1S/C19H22FN3O2/c1-12-9-13(2)21-18(24)17(12)19(25)22-15-6-4-8-23(11-15)16-7-3-5-14(20)10-16/h3,5,7,9-10,15H,4,6,8,11H2,1-2H3,(H,21,24)(H,22,25)/t15-/m1/s1. The fraction of sp³-hybridized carbons (Fsp3) is 0.368. The van der Waals surface area contributed by atoms with E-state index >= 15 is 0 Å². The number of amides is 1. The maximum absolute atomic E-state index is 13.4. The van der Waals surface area contributed by atoms with Gasteiger partial charge >= 0.3 is 0 Å². The number of hydrogen-bond donors (Lipinski definition) is 2. The van der Waals surface area contributed by atoms with Crippen LogP contribution in [0.4, 0.5) is 10.1 Å². The Morgan fingerprint density at radius 1 is 1.32 bits per heavy atom. The van der Waals surface area contributed by atoms with Crippen LogP contribution in [0.3, 0.4) is 0 Å². The molecule has 1 fully saturated rings. The number of nitrogens with zero attached hydrogens (tertiary/aromatic N) is 1. The number of aromatic amines is 1. The first kappa shape index (κ1) is 17.2. The van der Waals surface area contributed by atoms with E-state index in [1.165, 1.54) is 12.1 Å². The average Bonchev–Trinajstić information content (AvgIpc) is 2.54. The van der Waals surface area contributed by atoms with Crippen molar-refractivity contribution in [3.8, 4) is 0 Å². The summed E-state index contributed by atoms with van der Waals surface area (Å²) in [4.78, 5) is 29.4. The van der Waals surface area contributed by atoms with Crippen LogP contribution in [0.15, 0.2) is 35.1 Å². The molecule has 2 N–H and O–H groups in total. The van der Waals surface area contributed by atoms with Crippen molar-refractivity contribution in [1.82, 2.24) is 10.3 Å². The van der Waals surface area contributed by atoms with Crippen LogP contribution in [0.1, 0.15) is 34.5 Å². The summed E-state index contributed by atoms with van der Waals surface area (Å²) in [6.45, 7) is 4.96. The Labute approximate surface area is 145 Å². The van der Waals surface area contributed by atoms with Gasteiger partial charge in [0.15, 0.2) is 0 Å². The van der Waals surface area contributed by atoms with Crippen molar-refractivity contribution in [3.05, 3.63) is 63.3 Å². The first-order valence-electron chi connectivity index (χ1n) is 8.46. The molecule has 132 valence electrons. The summed E-state index contributed by atoms with van der Waals surface area (Å²) in [6, 6.07) is 8.17. The van der Waals surface area contributed by atoms with Crippen molar-refractivity contribution in [2.24, 2.45) is 0 Å². The van der Waals surface area contributed by atoms with Crippen LogP contribution in [-0.4, -0.2) is 30.0 Å². The van der Waals surface area contributed by atoms with Gasteiger partial charge in [-0.25, -0.2) is 4.39 Å². The highest BCUT2D eigenvalue weighted by Crippen LogP contribution is 2.21. The molecule has 2 heterocycles. The summed E-state index contributed by atoms with van der Waals surface area (Å²) in [5.41, 5.74) is 2.00. The fourth-order valence-corrected chi connectivity index (χ4v) is 3.40. The molecular weight excluding hydrogens is 321 g/mol. The third-order valence-electron chi connectivity index (χ3n) is 4.52. The minimum atomic E-state index is -0.368. The summed E-state index contributed by atoms with van der Waals surface area (Å²) in [5, 5.41) is 2.96. The molecule has 2 aromatic rings. The summed E-state index contributed by atoms with van der Waals surface area (Å²) >= 11 is 0. The lowest BCUT2D eigenvalue weighted by Gasteiger charge is -2.34. The zero-order chi connectivity index (χ0) is 18.0. The Morgan fingerprint density at radius 3 is 2.84 bits per heavy atom. The molecule has 0 unspecified atom stereocenters. The molecule has 0 spiro atoms. The van der Waals surface area contributed by atoms with Gasteiger partial charge in [-0.3, -0.25) is 9.59 Å². The number of rotatable bonds is 3. The minimum Gasteiger partial charge on any atom is -0.369 e. The molecule has 1 amide bonds. The van der Waals surface area contributed by atoms with Crippen molar-refractivity contribution in [2.45, 2.75) is 32.7 Å². The highest BCUT2D eigenvalue weighted by atomic mass is 19.1. The second-order valence-electron chi connectivity index (χ2n) is 6.58. The molecule has 1 atom stereocenters. The Bertz CT molecular complexity index is 847. The average molecular weight is 343 g/mol. The predicted octanol–water partition coefficient (Wildman–Crippen LogP) is 2.53. The van der Waals surface area contributed by atoms with Crippen LogP contribution in [0.5, 0.6) is 0 Å². The van der Waals surface area contributed by atoms with Crippen molar-refractivity contribution in [3.63, 3.8) is 0 Å². The number of aryl methyl sites for hydroxylation is 2. The second kappa shape index (κ2) is 7.09. The maximum Gasteiger partial charge on any atom is 0.261 e. The zero-order valence-electron chi connectivity index (χ0n) is 14.4. The Kier molecular flexibility index (Phi) is 4.88. The third kappa shape index (κ3) is 3.90. The number of halogens is 1. The molecule has 1 aliphatic rings. The van der Waals surface area contributed by atoms with Crippen molar-refractivity contribution < 1.29 is 9.18 Å². The van der Waals surface area contributed by atoms with Crippen molar-refractivity contribution in [2.75, 3.05) is 18.0 Å². The van der Waals surface area contributed by atoms with Crippen LogP contribution in [0.2, 0.25) is 0 Å². The van der Waals surface area contributed by atoms with Gasteiger partial charge in [-0.1, -0.05) is 6.07 Å². The van der Waals surface area contributed by atoms with E-state index in [0.29, 0.717) is 12.1 Å². The Hall–Kier alpha value is -2.63. The molecule has 3 rings (SSSR count). The van der Waals surface area contributed by atoms with Crippen LogP contribution in [0, 0.1) is 19.7 Å². The zero-order valence-corrected chi connectivity index (χ0v) is 14.4. The molecule has 25 heavy (non-hydrogen) atoms. The van der Waals surface area contributed by atoms with Gasteiger partial charge in [0.25, 0.3) is 11.5 Å². The molecule has 5 nitrogen and oxygen atoms in total. The smallest absolute Gasteiger partial charge is 0.261 e. The lowest BCUT2D eigenvalue weighted by Crippen LogP contribution is -2.48. The van der Waals surface area contributed by atoms with Crippen molar-refractivity contribution in [1.29, 1.82) is 0 Å². The second-order valence-corrected chi connectivity index (χ2v) is 6.58. The number of carbonyl (C=O) groups is 1. The number of hydrogen-bond acceptors (Lipinski definition) is 3. The number of piperidine rings is 1. The quantitative estimate of drug-likeness (QED) is 0.900. The molecule has 0 radical (unpaired) electrons. The number of pyridine rings is 1. The molecular formula is C19H22FN3O2. The maximum atomic E-state index is 13.4. The third-order valence-corrected chi connectivity index (χ3v) is 4.52. The minimum absolute atomic E-state index is 0.0791. The van der Waals surface area contributed by atoms with Gasteiger partial charge in [-0.2, -0.15) is 0 Å². The van der Waals surface area contributed by atoms with Gasteiger partial charge < -0.3 is 15.2 Å². The first-order valence-corrected chi connectivity index (χ1v) is 8.46. The number of aromatic nitrogens is 1. The van der Waals surface area contributed by atoms with Crippen LogP contribution < -0.4 is 15.8 Å². The van der Waals surface area contributed by atoms with Crippen LogP contribution >= 0.6 is 0 Å². The molecule has 0 saturated carbocycles. The SMILES string of the molecule is Cc1cc(C)c(C(=O)N[C@@H]2CCCN(c3cccc(F)c3)C2)c(=O)[nH]1. The van der Waals surface area contributed by atoms with E-state index in [2.05, 4.69) is 15.2 Å². The highest BCUT2D eigenvalue weighted by molar-refractivity contribution is 5.95. The number of H-pyrrole nitrogens is 1. The molecule has 6 heteroatoms. The van der Waals surface area contributed by atoms with Crippen LogP contribution in [0.25, 0.3) is 0 Å². The Balaban J connectivity index is 1.73. The molecule has 1 aromatic heterocycles. The summed E-state index contributed by atoms with van der Waals surface area (Å²) < 4.78 is 13.4. The van der Waals surface area contributed by atoms with Crippen LogP contribution in [-0.2, 0) is 0 Å². The fourth-order valence-electron chi connectivity index (χ4n) is 3.40. The lowest BCUT2D eigenvalue weighted by molar-refractivity contribution is 0.0931. The van der Waals surface area contributed by atoms with Gasteiger partial charge in [0.1, 0.15) is 11.4 Å². The Morgan fingerprint density at radius 2 is 2.12 bits per heavy atom. The van der Waals surface area contributed by atoms with Crippen molar-refractivity contribution >= 4 is 11.6 Å². The van der Waals surface area contributed by atoms with E-state index in [0.717, 1.165) is 30.8 Å². The number of carbonyl (C=O) groups excluding carboxylic acids is 1. The monoisotopic (exact) mass is 343 g/mol. The molecule has 0 bridgehead atoms. The van der Waals surface area contributed by atoms with Gasteiger partial charge in [-0.05, 0) is 56.5 Å². The largest absolute Gasteiger partial charge is 0.369 e. The van der Waals surface area contributed by atoms with E-state index < -0.39 is 0 Å². The summed E-state index contributed by atoms with van der Waals surface area (Å²) in [6.07, 6.45) is 1.73. The summed E-state index contributed by atoms with van der Waals surface area (Å²) in [5.74, 6) is -0.629. The van der Waals surface area contributed by atoms with E-state index in [4.69, 9.17) is 0 Å². The van der Waals surface area contributed by atoms with E-state index in [9.17, 15) is 14.0 Å². The van der Waals surface area contributed by atoms with E-state index in [-0.39, 0.29) is 28.9 Å². The molecule has 1 aromatic carbocycles. The molecule has 1 aliphatic heterocycles.